The normalized spacial score (nSPS) is 10.6. The summed E-state index contributed by atoms with van der Waals surface area (Å²) in [6.45, 7) is 0. The van der Waals surface area contributed by atoms with E-state index in [1.807, 2.05) is 24.3 Å². The smallest absolute Gasteiger partial charge is 0.0755 e. The number of benzene rings is 1. The van der Waals surface area contributed by atoms with Gasteiger partial charge in [-0.3, -0.25) is 0 Å². The van der Waals surface area contributed by atoms with Crippen LogP contribution in [0.5, 0.6) is 0 Å². The highest BCUT2D eigenvalue weighted by Crippen LogP contribution is 2.10. The zero-order valence-corrected chi connectivity index (χ0v) is 7.58. The third kappa shape index (κ3) is 2.76. The number of aliphatic hydroxyl groups is 1. The maximum absolute atomic E-state index is 8.39. The molecule has 0 fully saturated rings. The first kappa shape index (κ1) is 8.34. The number of aliphatic hydroxyl groups excluding tert-OH is 1. The van der Waals surface area contributed by atoms with Crippen molar-refractivity contribution in [3.05, 3.63) is 46.6 Å². The highest BCUT2D eigenvalue weighted by Gasteiger charge is 1.88. The van der Waals surface area contributed by atoms with Crippen molar-refractivity contribution >= 4 is 15.9 Å². The van der Waals surface area contributed by atoms with E-state index in [1.54, 1.807) is 6.08 Å². The topological polar surface area (TPSA) is 20.2 Å². The van der Waals surface area contributed by atoms with Gasteiger partial charge >= 0.3 is 0 Å². The van der Waals surface area contributed by atoms with E-state index in [0.717, 1.165) is 17.2 Å². The lowest BCUT2D eigenvalue weighted by Crippen LogP contribution is -1.78. The molecular weight excluding hydrogens is 204 g/mol. The van der Waals surface area contributed by atoms with Gasteiger partial charge in [-0.1, -0.05) is 28.1 Å². The third-order valence-corrected chi connectivity index (χ3v) is 1.90. The Kier molecular flexibility index (Phi) is 3.17. The summed E-state index contributed by atoms with van der Waals surface area (Å²) in [5.74, 6) is 0. The first-order chi connectivity index (χ1) is 5.33. The molecular formula is C9H9BrO. The van der Waals surface area contributed by atoms with Gasteiger partial charge in [-0.2, -0.15) is 0 Å². The number of halogens is 1. The Hall–Kier alpha value is -0.760. The standard InChI is InChI=1S/C9H9BrO/c10-9-5-3-8(4-6-9)2-1-7-11/h1,3-7,11H,2H2/b7-1-. The fraction of sp³-hybridized carbons (Fsp3) is 0.111. The third-order valence-electron chi connectivity index (χ3n) is 1.37. The molecule has 0 bridgehead atoms. The number of rotatable bonds is 2. The van der Waals surface area contributed by atoms with Crippen LogP contribution in [0, 0.1) is 0 Å². The summed E-state index contributed by atoms with van der Waals surface area (Å²) in [4.78, 5) is 0. The predicted molar refractivity (Wildman–Crippen MR) is 49.6 cm³/mol. The second-order valence-electron chi connectivity index (χ2n) is 2.22. The Morgan fingerprint density at radius 3 is 2.45 bits per heavy atom. The van der Waals surface area contributed by atoms with E-state index in [1.165, 1.54) is 5.56 Å². The van der Waals surface area contributed by atoms with Gasteiger partial charge in [0.05, 0.1) is 6.26 Å². The summed E-state index contributed by atoms with van der Waals surface area (Å²) >= 11 is 3.35. The first-order valence-corrected chi connectivity index (χ1v) is 4.16. The Balaban J connectivity index is 2.66. The van der Waals surface area contributed by atoms with Gasteiger partial charge < -0.3 is 5.11 Å². The lowest BCUT2D eigenvalue weighted by molar-refractivity contribution is 0.471. The average molecular weight is 213 g/mol. The Morgan fingerprint density at radius 1 is 1.27 bits per heavy atom. The number of hydrogen-bond donors (Lipinski definition) is 1. The second kappa shape index (κ2) is 4.19. The SMILES string of the molecule is O/C=C\Cc1ccc(Br)cc1. The molecule has 0 spiro atoms. The Bertz CT molecular complexity index is 238. The molecule has 0 saturated carbocycles. The van der Waals surface area contributed by atoms with Gasteiger partial charge in [0.1, 0.15) is 0 Å². The van der Waals surface area contributed by atoms with E-state index in [0.29, 0.717) is 0 Å². The van der Waals surface area contributed by atoms with Gasteiger partial charge in [0.2, 0.25) is 0 Å². The van der Waals surface area contributed by atoms with Crippen LogP contribution in [-0.4, -0.2) is 5.11 Å². The molecule has 1 nitrogen and oxygen atoms in total. The molecule has 1 aromatic carbocycles. The summed E-state index contributed by atoms with van der Waals surface area (Å²) in [5, 5.41) is 8.39. The zero-order chi connectivity index (χ0) is 8.10. The molecule has 0 aliphatic carbocycles. The molecule has 0 unspecified atom stereocenters. The summed E-state index contributed by atoms with van der Waals surface area (Å²) < 4.78 is 1.08. The molecule has 1 N–H and O–H groups in total. The fourth-order valence-corrected chi connectivity index (χ4v) is 1.07. The van der Waals surface area contributed by atoms with E-state index in [4.69, 9.17) is 5.11 Å². The van der Waals surface area contributed by atoms with E-state index in [-0.39, 0.29) is 0 Å². The molecule has 0 atom stereocenters. The maximum Gasteiger partial charge on any atom is 0.0755 e. The largest absolute Gasteiger partial charge is 0.516 e. The van der Waals surface area contributed by atoms with Crippen LogP contribution in [0.1, 0.15) is 5.56 Å². The first-order valence-electron chi connectivity index (χ1n) is 3.36. The van der Waals surface area contributed by atoms with Gasteiger partial charge in [0.15, 0.2) is 0 Å². The highest BCUT2D eigenvalue weighted by molar-refractivity contribution is 9.10. The van der Waals surface area contributed by atoms with Gasteiger partial charge in [-0.15, -0.1) is 0 Å². The van der Waals surface area contributed by atoms with E-state index in [9.17, 15) is 0 Å². The number of allylic oxidation sites excluding steroid dienone is 1. The summed E-state index contributed by atoms with van der Waals surface area (Å²) in [6, 6.07) is 8.01. The van der Waals surface area contributed by atoms with Crippen molar-refractivity contribution in [1.82, 2.24) is 0 Å². The molecule has 1 aromatic rings. The molecule has 0 heterocycles. The molecule has 0 aliphatic rings. The maximum atomic E-state index is 8.39. The Labute approximate surface area is 74.5 Å². The molecule has 11 heavy (non-hydrogen) atoms. The van der Waals surface area contributed by atoms with E-state index >= 15 is 0 Å². The van der Waals surface area contributed by atoms with Gasteiger partial charge in [0, 0.05) is 4.47 Å². The van der Waals surface area contributed by atoms with Crippen molar-refractivity contribution in [2.45, 2.75) is 6.42 Å². The molecule has 0 amide bonds. The fourth-order valence-electron chi connectivity index (χ4n) is 0.809. The summed E-state index contributed by atoms with van der Waals surface area (Å²) in [6.07, 6.45) is 3.56. The van der Waals surface area contributed by atoms with Gasteiger partial charge in [0.25, 0.3) is 0 Å². The zero-order valence-electron chi connectivity index (χ0n) is 6.00. The number of hydrogen-bond acceptors (Lipinski definition) is 1. The van der Waals surface area contributed by atoms with Crippen LogP contribution in [0.2, 0.25) is 0 Å². The monoisotopic (exact) mass is 212 g/mol. The van der Waals surface area contributed by atoms with Crippen LogP contribution in [0.15, 0.2) is 41.1 Å². The molecule has 0 aromatic heterocycles. The minimum atomic E-state index is 0.782. The molecule has 58 valence electrons. The highest BCUT2D eigenvalue weighted by atomic mass is 79.9. The Morgan fingerprint density at radius 2 is 1.91 bits per heavy atom. The van der Waals surface area contributed by atoms with Crippen LogP contribution < -0.4 is 0 Å². The molecule has 0 saturated heterocycles. The van der Waals surface area contributed by atoms with E-state index in [2.05, 4.69) is 15.9 Å². The van der Waals surface area contributed by atoms with E-state index < -0.39 is 0 Å². The lowest BCUT2D eigenvalue weighted by atomic mass is 10.2. The predicted octanol–water partition coefficient (Wildman–Crippen LogP) is 3.06. The lowest BCUT2D eigenvalue weighted by Gasteiger charge is -1.94. The van der Waals surface area contributed by atoms with Crippen molar-refractivity contribution in [3.63, 3.8) is 0 Å². The second-order valence-corrected chi connectivity index (χ2v) is 3.13. The summed E-state index contributed by atoms with van der Waals surface area (Å²) in [7, 11) is 0. The van der Waals surface area contributed by atoms with Crippen molar-refractivity contribution in [3.8, 4) is 0 Å². The molecule has 0 aliphatic heterocycles. The quantitative estimate of drug-likeness (QED) is 0.748. The minimum Gasteiger partial charge on any atom is -0.516 e. The summed E-state index contributed by atoms with van der Waals surface area (Å²) in [5.41, 5.74) is 1.19. The van der Waals surface area contributed by atoms with Crippen LogP contribution >= 0.6 is 15.9 Å². The van der Waals surface area contributed by atoms with Crippen LogP contribution in [0.3, 0.4) is 0 Å². The molecule has 2 heteroatoms. The van der Waals surface area contributed by atoms with Crippen molar-refractivity contribution in [2.24, 2.45) is 0 Å². The minimum absolute atomic E-state index is 0.782. The van der Waals surface area contributed by atoms with Crippen molar-refractivity contribution in [1.29, 1.82) is 0 Å². The van der Waals surface area contributed by atoms with Crippen molar-refractivity contribution in [2.75, 3.05) is 0 Å². The van der Waals surface area contributed by atoms with Crippen LogP contribution in [0.25, 0.3) is 0 Å². The van der Waals surface area contributed by atoms with Crippen LogP contribution in [0.4, 0.5) is 0 Å². The average Bonchev–Trinajstić information content (AvgIpc) is 2.04. The molecule has 1 rings (SSSR count). The van der Waals surface area contributed by atoms with Gasteiger partial charge in [-0.05, 0) is 30.2 Å². The van der Waals surface area contributed by atoms with Crippen molar-refractivity contribution < 1.29 is 5.11 Å². The molecule has 0 radical (unpaired) electrons. The van der Waals surface area contributed by atoms with Gasteiger partial charge in [-0.25, -0.2) is 0 Å². The van der Waals surface area contributed by atoms with Crippen LogP contribution in [-0.2, 0) is 6.42 Å².